The molecule has 2 N–H and O–H groups in total. The molecular formula is C14H14F3NO2. The van der Waals surface area contributed by atoms with Crippen LogP contribution in [-0.4, -0.2) is 29.8 Å². The molecule has 0 aliphatic carbocycles. The van der Waals surface area contributed by atoms with E-state index in [4.69, 9.17) is 5.11 Å². The standard InChI is InChI=1S/C14H14F3NO2/c1-10(9-14(15,16)17)18-13(20)12-7-3-2-5-11(12)6-4-8-19/h2-3,5,7,10,19H,8-9H2,1H3,(H,18,20). The van der Waals surface area contributed by atoms with E-state index in [9.17, 15) is 18.0 Å². The molecule has 0 aliphatic heterocycles. The van der Waals surface area contributed by atoms with Crippen LogP contribution in [0.15, 0.2) is 24.3 Å². The molecule has 0 saturated carbocycles. The highest BCUT2D eigenvalue weighted by Gasteiger charge is 2.30. The van der Waals surface area contributed by atoms with Gasteiger partial charge in [0.2, 0.25) is 0 Å². The Bertz CT molecular complexity index is 529. The van der Waals surface area contributed by atoms with Crippen LogP contribution in [0.3, 0.4) is 0 Å². The Morgan fingerprint density at radius 3 is 2.65 bits per heavy atom. The molecule has 0 radical (unpaired) electrons. The fourth-order valence-electron chi connectivity index (χ4n) is 1.62. The number of halogens is 3. The largest absolute Gasteiger partial charge is 0.391 e. The van der Waals surface area contributed by atoms with Gasteiger partial charge in [-0.3, -0.25) is 4.79 Å². The second-order valence-electron chi connectivity index (χ2n) is 4.20. The van der Waals surface area contributed by atoms with E-state index in [0.717, 1.165) is 0 Å². The van der Waals surface area contributed by atoms with Gasteiger partial charge in [-0.15, -0.1) is 0 Å². The summed E-state index contributed by atoms with van der Waals surface area (Å²) in [5.74, 6) is 4.36. The molecule has 6 heteroatoms. The minimum atomic E-state index is -4.33. The van der Waals surface area contributed by atoms with Gasteiger partial charge in [-0.2, -0.15) is 13.2 Å². The summed E-state index contributed by atoms with van der Waals surface area (Å²) >= 11 is 0. The Labute approximate surface area is 114 Å². The molecular weight excluding hydrogens is 271 g/mol. The number of nitrogens with one attached hydrogen (secondary N) is 1. The zero-order valence-corrected chi connectivity index (χ0v) is 10.8. The molecule has 20 heavy (non-hydrogen) atoms. The van der Waals surface area contributed by atoms with E-state index in [2.05, 4.69) is 17.2 Å². The summed E-state index contributed by atoms with van der Waals surface area (Å²) < 4.78 is 36.6. The van der Waals surface area contributed by atoms with Gasteiger partial charge in [-0.25, -0.2) is 0 Å². The zero-order valence-electron chi connectivity index (χ0n) is 10.8. The van der Waals surface area contributed by atoms with Gasteiger partial charge in [0, 0.05) is 11.6 Å². The molecule has 0 aliphatic rings. The molecule has 0 aromatic heterocycles. The molecule has 1 unspecified atom stereocenters. The first-order chi connectivity index (χ1) is 9.33. The average molecular weight is 285 g/mol. The van der Waals surface area contributed by atoms with E-state index in [1.807, 2.05) is 0 Å². The Kier molecular flexibility index (Phi) is 5.59. The second-order valence-corrected chi connectivity index (χ2v) is 4.20. The highest BCUT2D eigenvalue weighted by Crippen LogP contribution is 2.21. The van der Waals surface area contributed by atoms with Gasteiger partial charge in [0.25, 0.3) is 5.91 Å². The quantitative estimate of drug-likeness (QED) is 0.836. The Hall–Kier alpha value is -2.00. The summed E-state index contributed by atoms with van der Waals surface area (Å²) in [5, 5.41) is 10.9. The first kappa shape index (κ1) is 16.1. The predicted octanol–water partition coefficient (Wildman–Crippen LogP) is 2.10. The summed E-state index contributed by atoms with van der Waals surface area (Å²) in [5.41, 5.74) is 0.542. The van der Waals surface area contributed by atoms with Crippen molar-refractivity contribution in [2.24, 2.45) is 0 Å². The van der Waals surface area contributed by atoms with Crippen LogP contribution >= 0.6 is 0 Å². The Balaban J connectivity index is 2.82. The van der Waals surface area contributed by atoms with Crippen molar-refractivity contribution in [1.82, 2.24) is 5.32 Å². The molecule has 1 atom stereocenters. The maximum atomic E-state index is 12.2. The lowest BCUT2D eigenvalue weighted by Gasteiger charge is -2.16. The summed E-state index contributed by atoms with van der Waals surface area (Å²) in [4.78, 5) is 11.9. The number of aliphatic hydroxyl groups is 1. The second kappa shape index (κ2) is 6.96. The number of hydrogen-bond acceptors (Lipinski definition) is 2. The average Bonchev–Trinajstić information content (AvgIpc) is 2.34. The topological polar surface area (TPSA) is 49.3 Å². The van der Waals surface area contributed by atoms with Gasteiger partial charge in [0.1, 0.15) is 6.61 Å². The number of carbonyl (C=O) groups is 1. The van der Waals surface area contributed by atoms with Gasteiger partial charge in [-0.1, -0.05) is 24.0 Å². The van der Waals surface area contributed by atoms with Crippen LogP contribution in [0.4, 0.5) is 13.2 Å². The van der Waals surface area contributed by atoms with Crippen molar-refractivity contribution in [3.63, 3.8) is 0 Å². The van der Waals surface area contributed by atoms with Crippen LogP contribution in [0.1, 0.15) is 29.3 Å². The summed E-state index contributed by atoms with van der Waals surface area (Å²) in [6.45, 7) is 0.924. The third-order valence-corrected chi connectivity index (χ3v) is 2.39. The van der Waals surface area contributed by atoms with Crippen molar-refractivity contribution < 1.29 is 23.1 Å². The third-order valence-electron chi connectivity index (χ3n) is 2.39. The third kappa shape index (κ3) is 5.33. The predicted molar refractivity (Wildman–Crippen MR) is 68.0 cm³/mol. The highest BCUT2D eigenvalue weighted by molar-refractivity contribution is 5.96. The van der Waals surface area contributed by atoms with Crippen LogP contribution in [0, 0.1) is 11.8 Å². The van der Waals surface area contributed by atoms with Crippen LogP contribution < -0.4 is 5.32 Å². The number of carbonyl (C=O) groups excluding carboxylic acids is 1. The monoisotopic (exact) mass is 285 g/mol. The van der Waals surface area contributed by atoms with Gasteiger partial charge in [-0.05, 0) is 19.1 Å². The molecule has 0 saturated heterocycles. The fourth-order valence-corrected chi connectivity index (χ4v) is 1.62. The number of aliphatic hydroxyl groups excluding tert-OH is 1. The first-order valence-corrected chi connectivity index (χ1v) is 5.90. The highest BCUT2D eigenvalue weighted by atomic mass is 19.4. The van der Waals surface area contributed by atoms with Crippen molar-refractivity contribution in [1.29, 1.82) is 0 Å². The zero-order chi connectivity index (χ0) is 15.2. The number of benzene rings is 1. The molecule has 0 fully saturated rings. The van der Waals surface area contributed by atoms with E-state index in [1.165, 1.54) is 13.0 Å². The summed E-state index contributed by atoms with van der Waals surface area (Å²) in [6, 6.07) is 5.25. The first-order valence-electron chi connectivity index (χ1n) is 5.90. The lowest BCUT2D eigenvalue weighted by atomic mass is 10.1. The minimum Gasteiger partial charge on any atom is -0.384 e. The minimum absolute atomic E-state index is 0.183. The van der Waals surface area contributed by atoms with E-state index < -0.39 is 24.5 Å². The lowest BCUT2D eigenvalue weighted by molar-refractivity contribution is -0.138. The molecule has 1 amide bonds. The van der Waals surface area contributed by atoms with Crippen LogP contribution in [0.2, 0.25) is 0 Å². The van der Waals surface area contributed by atoms with Crippen molar-refractivity contribution in [3.8, 4) is 11.8 Å². The number of alkyl halides is 3. The number of hydrogen-bond donors (Lipinski definition) is 2. The van der Waals surface area contributed by atoms with Gasteiger partial charge >= 0.3 is 6.18 Å². The molecule has 1 aromatic carbocycles. The Morgan fingerprint density at radius 2 is 2.05 bits per heavy atom. The molecule has 1 aromatic rings. The van der Waals surface area contributed by atoms with E-state index >= 15 is 0 Å². The maximum absolute atomic E-state index is 12.2. The molecule has 0 bridgehead atoms. The van der Waals surface area contributed by atoms with Crippen molar-refractivity contribution in [3.05, 3.63) is 35.4 Å². The normalized spacial score (nSPS) is 12.2. The molecule has 0 heterocycles. The van der Waals surface area contributed by atoms with Gasteiger partial charge in [0.05, 0.1) is 12.0 Å². The number of rotatable bonds is 3. The van der Waals surface area contributed by atoms with Crippen molar-refractivity contribution >= 4 is 5.91 Å². The molecule has 1 rings (SSSR count). The van der Waals surface area contributed by atoms with Crippen molar-refractivity contribution in [2.75, 3.05) is 6.61 Å². The molecule has 108 valence electrons. The van der Waals surface area contributed by atoms with E-state index in [1.54, 1.807) is 18.2 Å². The Morgan fingerprint density at radius 1 is 1.40 bits per heavy atom. The molecule has 0 spiro atoms. The van der Waals surface area contributed by atoms with Gasteiger partial charge in [0.15, 0.2) is 0 Å². The lowest BCUT2D eigenvalue weighted by Crippen LogP contribution is -2.36. The maximum Gasteiger partial charge on any atom is 0.391 e. The summed E-state index contributed by atoms with van der Waals surface area (Å²) in [6.07, 6.45) is -5.42. The van der Waals surface area contributed by atoms with E-state index in [-0.39, 0.29) is 12.2 Å². The van der Waals surface area contributed by atoms with Crippen LogP contribution in [-0.2, 0) is 0 Å². The summed E-state index contributed by atoms with van der Waals surface area (Å²) in [7, 11) is 0. The fraction of sp³-hybridized carbons (Fsp3) is 0.357. The van der Waals surface area contributed by atoms with Gasteiger partial charge < -0.3 is 10.4 Å². The smallest absolute Gasteiger partial charge is 0.384 e. The van der Waals surface area contributed by atoms with Crippen molar-refractivity contribution in [2.45, 2.75) is 25.6 Å². The van der Waals surface area contributed by atoms with E-state index in [0.29, 0.717) is 5.56 Å². The molecule has 3 nitrogen and oxygen atoms in total. The van der Waals surface area contributed by atoms with Crippen LogP contribution in [0.25, 0.3) is 0 Å². The number of amides is 1. The van der Waals surface area contributed by atoms with Crippen LogP contribution in [0.5, 0.6) is 0 Å². The SMILES string of the molecule is CC(CC(F)(F)F)NC(=O)c1ccccc1C#CCO.